The fraction of sp³-hybridized carbons (Fsp3) is 0.519. The largest absolute Gasteiger partial charge is 0.489 e. The van der Waals surface area contributed by atoms with E-state index in [1.54, 1.807) is 17.8 Å². The van der Waals surface area contributed by atoms with E-state index < -0.39 is 6.10 Å². The minimum absolute atomic E-state index is 0.178. The molecular formula is C27H41N3O3S. The topological polar surface area (TPSA) is 97.5 Å². The molecule has 0 bridgehead atoms. The number of hydrogen-bond acceptors (Lipinski definition) is 7. The Hall–Kier alpha value is -2.08. The van der Waals surface area contributed by atoms with E-state index in [2.05, 4.69) is 49.6 Å². The molecule has 0 aliphatic heterocycles. The lowest BCUT2D eigenvalue weighted by molar-refractivity contribution is 0.104. The molecule has 0 aliphatic rings. The zero-order valence-electron chi connectivity index (χ0n) is 21.3. The van der Waals surface area contributed by atoms with Crippen molar-refractivity contribution in [2.75, 3.05) is 25.4 Å². The van der Waals surface area contributed by atoms with Crippen LogP contribution < -0.4 is 15.4 Å². The molecule has 2 rings (SSSR count). The highest BCUT2D eigenvalue weighted by molar-refractivity contribution is 7.99. The molecule has 0 spiro atoms. The molecule has 4 N–H and O–H groups in total. The van der Waals surface area contributed by atoms with Gasteiger partial charge in [-0.15, -0.1) is 11.8 Å². The number of nitrogens with one attached hydrogen (secondary N) is 2. The fourth-order valence-electron chi connectivity index (χ4n) is 2.86. The number of ether oxygens (including phenoxy) is 1. The summed E-state index contributed by atoms with van der Waals surface area (Å²) in [6.45, 7) is 13.5. The van der Waals surface area contributed by atoms with E-state index in [-0.39, 0.29) is 12.7 Å². The smallest absolute Gasteiger partial charge is 0.137 e. The number of hydrogen-bond donors (Lipinski definition) is 4. The van der Waals surface area contributed by atoms with Gasteiger partial charge in [-0.3, -0.25) is 0 Å². The lowest BCUT2D eigenvalue weighted by Gasteiger charge is -2.15. The third-order valence-corrected chi connectivity index (χ3v) is 6.15. The van der Waals surface area contributed by atoms with E-state index in [4.69, 9.17) is 10.00 Å². The van der Waals surface area contributed by atoms with Crippen molar-refractivity contribution < 1.29 is 14.9 Å². The van der Waals surface area contributed by atoms with E-state index >= 15 is 0 Å². The van der Waals surface area contributed by atoms with Gasteiger partial charge in [-0.05, 0) is 37.1 Å². The van der Waals surface area contributed by atoms with Crippen LogP contribution in [0.15, 0.2) is 47.4 Å². The summed E-state index contributed by atoms with van der Waals surface area (Å²) >= 11 is 1.72. The number of benzene rings is 2. The number of thioether (sulfide) groups is 1. The molecule has 0 saturated heterocycles. The number of nitriles is 1. The third-order valence-electron chi connectivity index (χ3n) is 4.83. The van der Waals surface area contributed by atoms with Crippen molar-refractivity contribution in [2.24, 2.45) is 0 Å². The molecule has 0 aromatic heterocycles. The molecule has 6 nitrogen and oxygen atoms in total. The van der Waals surface area contributed by atoms with Gasteiger partial charge in [0.1, 0.15) is 24.5 Å². The molecular weight excluding hydrogens is 446 g/mol. The number of nitrogens with zero attached hydrogens (tertiary/aromatic N) is 1. The van der Waals surface area contributed by atoms with Crippen LogP contribution in [0, 0.1) is 25.2 Å². The summed E-state index contributed by atoms with van der Waals surface area (Å²) in [5.74, 6) is 1.27. The lowest BCUT2D eigenvalue weighted by atomic mass is 10.1. The summed E-state index contributed by atoms with van der Waals surface area (Å²) in [6.07, 6.45) is -0.869. The SMILES string of the molecule is Cc1cccc(OCC(O)CNC(C)C)c1C#N.Cc1ccccc1SCC(O)CNC(C)C. The van der Waals surface area contributed by atoms with Crippen molar-refractivity contribution in [1.82, 2.24) is 10.6 Å². The molecule has 7 heteroatoms. The maximum absolute atomic E-state index is 9.77. The van der Waals surface area contributed by atoms with Gasteiger partial charge in [-0.1, -0.05) is 58.0 Å². The van der Waals surface area contributed by atoms with E-state index in [0.29, 0.717) is 36.5 Å². The van der Waals surface area contributed by atoms with E-state index in [0.717, 1.165) is 11.3 Å². The van der Waals surface area contributed by atoms with Crippen molar-refractivity contribution in [1.29, 1.82) is 5.26 Å². The highest BCUT2D eigenvalue weighted by atomic mass is 32.2. The molecule has 2 atom stereocenters. The first-order chi connectivity index (χ1) is 16.1. The first-order valence-electron chi connectivity index (χ1n) is 11.8. The standard InChI is InChI=1S/C14H20N2O2.C13H21NOS/c1-10(2)16-8-12(17)9-18-14-6-4-5-11(3)13(14)7-15;1-10(2)14-8-12(15)9-16-13-7-5-4-6-11(13)3/h4-6,10,12,16-17H,8-9H2,1-3H3;4-7,10,12,14-15H,8-9H2,1-3H3. The molecule has 188 valence electrons. The summed E-state index contributed by atoms with van der Waals surface area (Å²) in [6, 6.07) is 16.6. The van der Waals surface area contributed by atoms with Gasteiger partial charge in [0.05, 0.1) is 11.7 Å². The molecule has 2 aromatic carbocycles. The van der Waals surface area contributed by atoms with Crippen LogP contribution in [0.2, 0.25) is 0 Å². The van der Waals surface area contributed by atoms with Crippen LogP contribution in [0.3, 0.4) is 0 Å². The highest BCUT2D eigenvalue weighted by Crippen LogP contribution is 2.22. The minimum Gasteiger partial charge on any atom is -0.489 e. The zero-order chi connectivity index (χ0) is 25.5. The second-order valence-corrected chi connectivity index (χ2v) is 9.94. The molecule has 0 fully saturated rings. The molecule has 0 saturated carbocycles. The van der Waals surface area contributed by atoms with Gasteiger partial charge in [0.2, 0.25) is 0 Å². The van der Waals surface area contributed by atoms with Gasteiger partial charge < -0.3 is 25.6 Å². The maximum atomic E-state index is 9.77. The van der Waals surface area contributed by atoms with Crippen LogP contribution in [0.25, 0.3) is 0 Å². The van der Waals surface area contributed by atoms with E-state index in [9.17, 15) is 10.2 Å². The number of aliphatic hydroxyl groups excluding tert-OH is 2. The molecule has 0 amide bonds. The summed E-state index contributed by atoms with van der Waals surface area (Å²) in [7, 11) is 0. The highest BCUT2D eigenvalue weighted by Gasteiger charge is 2.10. The Morgan fingerprint density at radius 3 is 2.06 bits per heavy atom. The summed E-state index contributed by atoms with van der Waals surface area (Å²) < 4.78 is 5.49. The van der Waals surface area contributed by atoms with Crippen molar-refractivity contribution in [2.45, 2.75) is 70.7 Å². The van der Waals surface area contributed by atoms with Crippen LogP contribution in [-0.4, -0.2) is 60.0 Å². The summed E-state index contributed by atoms with van der Waals surface area (Å²) in [4.78, 5) is 1.26. The molecule has 0 heterocycles. The van der Waals surface area contributed by atoms with Gasteiger partial charge in [0.15, 0.2) is 0 Å². The Balaban J connectivity index is 0.000000342. The van der Waals surface area contributed by atoms with Crippen molar-refractivity contribution in [3.63, 3.8) is 0 Å². The molecule has 2 aromatic rings. The number of rotatable bonds is 12. The minimum atomic E-state index is -0.584. The van der Waals surface area contributed by atoms with Crippen molar-refractivity contribution in [3.05, 3.63) is 59.2 Å². The van der Waals surface area contributed by atoms with Crippen LogP contribution in [0.4, 0.5) is 0 Å². The summed E-state index contributed by atoms with van der Waals surface area (Å²) in [5.41, 5.74) is 2.68. The van der Waals surface area contributed by atoms with Crippen molar-refractivity contribution >= 4 is 11.8 Å². The Kier molecular flexibility index (Phi) is 14.6. The first kappa shape index (κ1) is 30.0. The van der Waals surface area contributed by atoms with Crippen molar-refractivity contribution in [3.8, 4) is 11.8 Å². The zero-order valence-corrected chi connectivity index (χ0v) is 22.2. The Morgan fingerprint density at radius 2 is 1.47 bits per heavy atom. The second kappa shape index (κ2) is 16.5. The van der Waals surface area contributed by atoms with E-state index in [1.807, 2.05) is 45.0 Å². The quantitative estimate of drug-likeness (QED) is 0.335. The van der Waals surface area contributed by atoms with Crippen LogP contribution in [0.1, 0.15) is 44.4 Å². The fourth-order valence-corrected chi connectivity index (χ4v) is 3.82. The van der Waals surface area contributed by atoms with Crippen LogP contribution >= 0.6 is 11.8 Å². The lowest BCUT2D eigenvalue weighted by Crippen LogP contribution is -2.35. The molecule has 34 heavy (non-hydrogen) atoms. The predicted molar refractivity (Wildman–Crippen MR) is 142 cm³/mol. The van der Waals surface area contributed by atoms with Crippen LogP contribution in [0.5, 0.6) is 5.75 Å². The van der Waals surface area contributed by atoms with Crippen LogP contribution in [-0.2, 0) is 0 Å². The average molecular weight is 488 g/mol. The Labute approximate surface area is 209 Å². The third kappa shape index (κ3) is 12.4. The van der Waals surface area contributed by atoms with Gasteiger partial charge in [-0.25, -0.2) is 0 Å². The average Bonchev–Trinajstić information content (AvgIpc) is 2.80. The predicted octanol–water partition coefficient (Wildman–Crippen LogP) is 4.05. The normalized spacial score (nSPS) is 12.6. The monoisotopic (exact) mass is 487 g/mol. The van der Waals surface area contributed by atoms with Gasteiger partial charge in [0, 0.05) is 35.8 Å². The maximum Gasteiger partial charge on any atom is 0.137 e. The first-order valence-corrected chi connectivity index (χ1v) is 12.8. The Bertz CT molecular complexity index is 884. The van der Waals surface area contributed by atoms with Gasteiger partial charge >= 0.3 is 0 Å². The number of aliphatic hydroxyl groups is 2. The second-order valence-electron chi connectivity index (χ2n) is 8.88. The molecule has 2 unspecified atom stereocenters. The number of aryl methyl sites for hydroxylation is 2. The summed E-state index contributed by atoms with van der Waals surface area (Å²) in [5, 5.41) is 34.9. The van der Waals surface area contributed by atoms with Gasteiger partial charge in [-0.2, -0.15) is 5.26 Å². The molecule has 0 radical (unpaired) electrons. The molecule has 0 aliphatic carbocycles. The van der Waals surface area contributed by atoms with Gasteiger partial charge in [0.25, 0.3) is 0 Å². The van der Waals surface area contributed by atoms with E-state index in [1.165, 1.54) is 10.5 Å². The Morgan fingerprint density at radius 1 is 0.882 bits per heavy atom.